The van der Waals surface area contributed by atoms with Crippen molar-refractivity contribution in [1.82, 2.24) is 4.90 Å². The molecule has 0 radical (unpaired) electrons. The molecule has 0 unspecified atom stereocenters. The minimum atomic E-state index is 0.272. The molecule has 0 amide bonds. The Morgan fingerprint density at radius 1 is 1.22 bits per heavy atom. The van der Waals surface area contributed by atoms with E-state index in [0.29, 0.717) is 6.42 Å². The molecule has 2 rings (SSSR count). The molecule has 1 aromatic carbocycles. The van der Waals surface area contributed by atoms with Gasteiger partial charge in [-0.3, -0.25) is 4.79 Å². The highest BCUT2D eigenvalue weighted by molar-refractivity contribution is 5.96. The molecule has 1 aliphatic rings. The molecular weight excluding hydrogens is 222 g/mol. The van der Waals surface area contributed by atoms with Crippen molar-refractivity contribution in [2.75, 3.05) is 19.6 Å². The fourth-order valence-corrected chi connectivity index (χ4v) is 2.43. The molecule has 18 heavy (non-hydrogen) atoms. The maximum atomic E-state index is 12.0. The van der Waals surface area contributed by atoms with Gasteiger partial charge in [-0.2, -0.15) is 0 Å². The average Bonchev–Trinajstić information content (AvgIpc) is 2.38. The SMILES string of the molecule is Cc1ccc(C(=O)CCN2CCC(C)CC2)cc1. The molecule has 2 heteroatoms. The van der Waals surface area contributed by atoms with Gasteiger partial charge in [0.25, 0.3) is 0 Å². The Hall–Kier alpha value is -1.15. The first-order valence-electron chi connectivity index (χ1n) is 6.97. The van der Waals surface area contributed by atoms with Crippen LogP contribution in [0.15, 0.2) is 24.3 Å². The second-order valence-electron chi connectivity index (χ2n) is 5.56. The van der Waals surface area contributed by atoms with Gasteiger partial charge in [0.15, 0.2) is 5.78 Å². The number of carbonyl (C=O) groups excluding carboxylic acids is 1. The van der Waals surface area contributed by atoms with Crippen molar-refractivity contribution in [1.29, 1.82) is 0 Å². The number of piperidine rings is 1. The highest BCUT2D eigenvalue weighted by Crippen LogP contribution is 2.16. The van der Waals surface area contributed by atoms with Gasteiger partial charge in [-0.25, -0.2) is 0 Å². The summed E-state index contributed by atoms with van der Waals surface area (Å²) in [6.45, 7) is 7.59. The first kappa shape index (κ1) is 13.3. The number of Topliss-reactive ketones (excluding diaryl/α,β-unsaturated/α-hetero) is 1. The zero-order valence-corrected chi connectivity index (χ0v) is 11.5. The van der Waals surface area contributed by atoms with Crippen LogP contribution in [0.25, 0.3) is 0 Å². The molecule has 0 saturated carbocycles. The Morgan fingerprint density at radius 3 is 2.44 bits per heavy atom. The van der Waals surface area contributed by atoms with E-state index < -0.39 is 0 Å². The van der Waals surface area contributed by atoms with Crippen molar-refractivity contribution in [3.8, 4) is 0 Å². The monoisotopic (exact) mass is 245 g/mol. The normalized spacial score (nSPS) is 17.9. The van der Waals surface area contributed by atoms with Crippen molar-refractivity contribution in [2.45, 2.75) is 33.1 Å². The molecule has 0 aromatic heterocycles. The van der Waals surface area contributed by atoms with Crippen LogP contribution in [-0.4, -0.2) is 30.3 Å². The number of hydrogen-bond acceptors (Lipinski definition) is 2. The van der Waals surface area contributed by atoms with Gasteiger partial charge >= 0.3 is 0 Å². The van der Waals surface area contributed by atoms with Gasteiger partial charge in [0.2, 0.25) is 0 Å². The maximum absolute atomic E-state index is 12.0. The van der Waals surface area contributed by atoms with Crippen LogP contribution in [0, 0.1) is 12.8 Å². The summed E-state index contributed by atoms with van der Waals surface area (Å²) >= 11 is 0. The molecule has 98 valence electrons. The average molecular weight is 245 g/mol. The summed E-state index contributed by atoms with van der Waals surface area (Å²) in [6.07, 6.45) is 3.20. The summed E-state index contributed by atoms with van der Waals surface area (Å²) in [7, 11) is 0. The van der Waals surface area contributed by atoms with Crippen molar-refractivity contribution in [3.63, 3.8) is 0 Å². The molecule has 0 spiro atoms. The number of rotatable bonds is 4. The number of benzene rings is 1. The van der Waals surface area contributed by atoms with Gasteiger partial charge in [0, 0.05) is 18.5 Å². The largest absolute Gasteiger partial charge is 0.303 e. The van der Waals surface area contributed by atoms with Gasteiger partial charge < -0.3 is 4.90 Å². The lowest BCUT2D eigenvalue weighted by Gasteiger charge is -2.29. The van der Waals surface area contributed by atoms with Gasteiger partial charge in [-0.05, 0) is 38.8 Å². The summed E-state index contributed by atoms with van der Waals surface area (Å²) in [6, 6.07) is 7.90. The molecule has 1 fully saturated rings. The summed E-state index contributed by atoms with van der Waals surface area (Å²) in [5, 5.41) is 0. The number of carbonyl (C=O) groups is 1. The van der Waals surface area contributed by atoms with Crippen LogP contribution in [0.2, 0.25) is 0 Å². The van der Waals surface area contributed by atoms with Crippen LogP contribution < -0.4 is 0 Å². The van der Waals surface area contributed by atoms with Gasteiger partial charge in [0.1, 0.15) is 0 Å². The summed E-state index contributed by atoms with van der Waals surface area (Å²) < 4.78 is 0. The van der Waals surface area contributed by atoms with Gasteiger partial charge in [-0.15, -0.1) is 0 Å². The molecule has 1 saturated heterocycles. The smallest absolute Gasteiger partial charge is 0.164 e. The standard InChI is InChI=1S/C16H23NO/c1-13-3-5-15(6-4-13)16(18)9-12-17-10-7-14(2)8-11-17/h3-6,14H,7-12H2,1-2H3. The fraction of sp³-hybridized carbons (Fsp3) is 0.562. The van der Waals surface area contributed by atoms with Crippen LogP contribution >= 0.6 is 0 Å². The number of likely N-dealkylation sites (tertiary alicyclic amines) is 1. The molecule has 1 heterocycles. The topological polar surface area (TPSA) is 20.3 Å². The lowest BCUT2D eigenvalue weighted by molar-refractivity contribution is 0.0953. The number of ketones is 1. The Morgan fingerprint density at radius 2 is 1.83 bits per heavy atom. The third-order valence-electron chi connectivity index (χ3n) is 3.90. The van der Waals surface area contributed by atoms with Crippen molar-refractivity contribution in [2.24, 2.45) is 5.92 Å². The molecule has 2 nitrogen and oxygen atoms in total. The third kappa shape index (κ3) is 3.67. The third-order valence-corrected chi connectivity index (χ3v) is 3.90. The second-order valence-corrected chi connectivity index (χ2v) is 5.56. The van der Waals surface area contributed by atoms with Crippen LogP contribution in [0.3, 0.4) is 0 Å². The minimum Gasteiger partial charge on any atom is -0.303 e. The van der Waals surface area contributed by atoms with E-state index in [1.165, 1.54) is 18.4 Å². The van der Waals surface area contributed by atoms with Crippen LogP contribution in [0.4, 0.5) is 0 Å². The molecular formula is C16H23NO. The van der Waals surface area contributed by atoms with E-state index in [4.69, 9.17) is 0 Å². The van der Waals surface area contributed by atoms with Crippen LogP contribution in [0.1, 0.15) is 42.1 Å². The zero-order chi connectivity index (χ0) is 13.0. The predicted molar refractivity (Wildman–Crippen MR) is 75.0 cm³/mol. The van der Waals surface area contributed by atoms with E-state index in [2.05, 4.69) is 11.8 Å². The molecule has 1 aromatic rings. The second kappa shape index (κ2) is 6.14. The van der Waals surface area contributed by atoms with Crippen LogP contribution in [0.5, 0.6) is 0 Å². The lowest BCUT2D eigenvalue weighted by atomic mass is 9.99. The molecule has 0 aliphatic carbocycles. The number of hydrogen-bond donors (Lipinski definition) is 0. The van der Waals surface area contributed by atoms with E-state index in [1.54, 1.807) is 0 Å². The Balaban J connectivity index is 1.79. The summed E-state index contributed by atoms with van der Waals surface area (Å²) in [5.74, 6) is 1.13. The Labute approximate surface area is 110 Å². The zero-order valence-electron chi connectivity index (χ0n) is 11.5. The van der Waals surface area contributed by atoms with E-state index >= 15 is 0 Å². The fourth-order valence-electron chi connectivity index (χ4n) is 2.43. The highest BCUT2D eigenvalue weighted by atomic mass is 16.1. The molecule has 0 bridgehead atoms. The van der Waals surface area contributed by atoms with E-state index in [-0.39, 0.29) is 5.78 Å². The van der Waals surface area contributed by atoms with Crippen molar-refractivity contribution >= 4 is 5.78 Å². The van der Waals surface area contributed by atoms with Crippen molar-refractivity contribution < 1.29 is 4.79 Å². The van der Waals surface area contributed by atoms with Gasteiger partial charge in [0.05, 0.1) is 0 Å². The molecule has 0 atom stereocenters. The van der Waals surface area contributed by atoms with Crippen molar-refractivity contribution in [3.05, 3.63) is 35.4 Å². The number of aryl methyl sites for hydroxylation is 1. The van der Waals surface area contributed by atoms with E-state index in [0.717, 1.165) is 31.1 Å². The Bertz CT molecular complexity index is 388. The maximum Gasteiger partial charge on any atom is 0.164 e. The minimum absolute atomic E-state index is 0.272. The first-order valence-corrected chi connectivity index (χ1v) is 6.97. The first-order chi connectivity index (χ1) is 8.65. The number of nitrogens with zero attached hydrogens (tertiary/aromatic N) is 1. The van der Waals surface area contributed by atoms with Gasteiger partial charge in [-0.1, -0.05) is 36.8 Å². The molecule has 1 aliphatic heterocycles. The molecule has 0 N–H and O–H groups in total. The van der Waals surface area contributed by atoms with E-state index in [9.17, 15) is 4.79 Å². The van der Waals surface area contributed by atoms with E-state index in [1.807, 2.05) is 31.2 Å². The summed E-state index contributed by atoms with van der Waals surface area (Å²) in [4.78, 5) is 14.5. The van der Waals surface area contributed by atoms with Crippen LogP contribution in [-0.2, 0) is 0 Å². The highest BCUT2D eigenvalue weighted by Gasteiger charge is 2.16. The summed E-state index contributed by atoms with van der Waals surface area (Å²) in [5.41, 5.74) is 2.06. The quantitative estimate of drug-likeness (QED) is 0.759. The Kier molecular flexibility index (Phi) is 4.54. The lowest BCUT2D eigenvalue weighted by Crippen LogP contribution is -2.34. The predicted octanol–water partition coefficient (Wildman–Crippen LogP) is 3.30.